The van der Waals surface area contributed by atoms with Crippen molar-refractivity contribution in [2.75, 3.05) is 18.9 Å². The van der Waals surface area contributed by atoms with Gasteiger partial charge in [0, 0.05) is 6.20 Å². The van der Waals surface area contributed by atoms with Crippen LogP contribution in [0.5, 0.6) is 0 Å². The Morgan fingerprint density at radius 2 is 2.47 bits per heavy atom. The van der Waals surface area contributed by atoms with Gasteiger partial charge in [-0.1, -0.05) is 0 Å². The number of ether oxygens (including phenoxy) is 1. The molecule has 0 aliphatic carbocycles. The minimum Gasteiger partial charge on any atom is -0.461 e. The van der Waals surface area contributed by atoms with E-state index in [1.54, 1.807) is 0 Å². The fourth-order valence-electron chi connectivity index (χ4n) is 0.886. The molecular weight excluding hydrogens is 202 g/mol. The molecule has 1 atom stereocenters. The van der Waals surface area contributed by atoms with E-state index in [2.05, 4.69) is 9.84 Å². The summed E-state index contributed by atoms with van der Waals surface area (Å²) in [7, 11) is 0. The first kappa shape index (κ1) is 11.5. The van der Waals surface area contributed by atoms with Gasteiger partial charge < -0.3 is 20.7 Å². The lowest BCUT2D eigenvalue weighted by atomic mass is 10.4. The molecule has 0 bridgehead atoms. The Morgan fingerprint density at radius 3 is 3.00 bits per heavy atom. The van der Waals surface area contributed by atoms with Gasteiger partial charge in [-0.2, -0.15) is 5.10 Å². The quantitative estimate of drug-likeness (QED) is 0.508. The number of anilines is 1. The van der Waals surface area contributed by atoms with Gasteiger partial charge in [-0.25, -0.2) is 0 Å². The number of nitrogens with zero attached hydrogens (tertiary/aromatic N) is 2. The molecule has 1 aromatic rings. The molecule has 84 valence electrons. The van der Waals surface area contributed by atoms with E-state index in [0.717, 1.165) is 0 Å². The zero-order valence-electron chi connectivity index (χ0n) is 8.04. The van der Waals surface area contributed by atoms with E-state index in [9.17, 15) is 4.79 Å². The van der Waals surface area contributed by atoms with Crippen LogP contribution >= 0.6 is 0 Å². The molecule has 4 N–H and O–H groups in total. The predicted molar refractivity (Wildman–Crippen MR) is 50.7 cm³/mol. The van der Waals surface area contributed by atoms with Crippen LogP contribution in [0.1, 0.15) is 0 Å². The van der Waals surface area contributed by atoms with Gasteiger partial charge >= 0.3 is 5.97 Å². The summed E-state index contributed by atoms with van der Waals surface area (Å²) in [6.45, 7) is -0.747. The largest absolute Gasteiger partial charge is 0.461 e. The van der Waals surface area contributed by atoms with Crippen molar-refractivity contribution in [3.8, 4) is 0 Å². The molecule has 0 fully saturated rings. The van der Waals surface area contributed by atoms with Crippen molar-refractivity contribution < 1.29 is 19.7 Å². The average Bonchev–Trinajstić information content (AvgIpc) is 2.60. The average molecular weight is 215 g/mol. The standard InChI is InChI=1S/C8H13N3O4/c9-6-1-10-11(2-6)3-8(14)15-5-7(13)4-12/h1-2,7,12-13H,3-5,9H2. The molecule has 1 unspecified atom stereocenters. The second-order valence-electron chi connectivity index (χ2n) is 2.99. The lowest BCUT2D eigenvalue weighted by Crippen LogP contribution is -2.24. The highest BCUT2D eigenvalue weighted by molar-refractivity contribution is 5.69. The summed E-state index contributed by atoms with van der Waals surface area (Å²) in [5.74, 6) is -0.550. The second kappa shape index (κ2) is 5.32. The predicted octanol–water partition coefficient (Wildman–Crippen LogP) is -1.64. The highest BCUT2D eigenvalue weighted by Crippen LogP contribution is 1.98. The van der Waals surface area contributed by atoms with Crippen molar-refractivity contribution in [2.24, 2.45) is 0 Å². The molecule has 1 aromatic heterocycles. The van der Waals surface area contributed by atoms with E-state index in [4.69, 9.17) is 15.9 Å². The molecule has 0 radical (unpaired) electrons. The molecule has 0 aliphatic heterocycles. The molecule has 0 saturated heterocycles. The number of nitrogens with two attached hydrogens (primary N) is 1. The van der Waals surface area contributed by atoms with Crippen LogP contribution in [0.15, 0.2) is 12.4 Å². The normalized spacial score (nSPS) is 12.4. The molecule has 0 aliphatic rings. The number of rotatable bonds is 5. The van der Waals surface area contributed by atoms with Gasteiger partial charge in [0.1, 0.15) is 19.3 Å². The van der Waals surface area contributed by atoms with Crippen molar-refractivity contribution in [3.05, 3.63) is 12.4 Å². The first-order chi connectivity index (χ1) is 7.11. The number of aliphatic hydroxyl groups is 2. The Bertz CT molecular complexity index is 325. The molecule has 0 spiro atoms. The topological polar surface area (TPSA) is 111 Å². The maximum atomic E-state index is 11.1. The van der Waals surface area contributed by atoms with E-state index in [1.807, 2.05) is 0 Å². The summed E-state index contributed by atoms with van der Waals surface area (Å²) >= 11 is 0. The fourth-order valence-corrected chi connectivity index (χ4v) is 0.886. The Labute approximate surface area is 86.1 Å². The number of aromatic nitrogens is 2. The summed E-state index contributed by atoms with van der Waals surface area (Å²) in [5, 5.41) is 21.2. The maximum Gasteiger partial charge on any atom is 0.327 e. The lowest BCUT2D eigenvalue weighted by molar-refractivity contribution is -0.148. The molecule has 0 amide bonds. The van der Waals surface area contributed by atoms with Gasteiger partial charge in [-0.3, -0.25) is 9.48 Å². The van der Waals surface area contributed by atoms with Crippen molar-refractivity contribution in [1.29, 1.82) is 0 Å². The van der Waals surface area contributed by atoms with Crippen LogP contribution in [-0.4, -0.2) is 45.3 Å². The van der Waals surface area contributed by atoms with Gasteiger partial charge in [-0.05, 0) is 0 Å². The third-order valence-corrected chi connectivity index (χ3v) is 1.59. The van der Waals surface area contributed by atoms with Crippen LogP contribution in [0, 0.1) is 0 Å². The zero-order chi connectivity index (χ0) is 11.3. The Morgan fingerprint density at radius 1 is 1.73 bits per heavy atom. The summed E-state index contributed by atoms with van der Waals surface area (Å²) < 4.78 is 5.98. The van der Waals surface area contributed by atoms with Crippen molar-refractivity contribution in [2.45, 2.75) is 12.6 Å². The summed E-state index contributed by atoms with van der Waals surface area (Å²) in [4.78, 5) is 11.1. The van der Waals surface area contributed by atoms with E-state index >= 15 is 0 Å². The molecule has 7 heteroatoms. The minimum atomic E-state index is -1.04. The summed E-state index contributed by atoms with van der Waals surface area (Å²) in [6.07, 6.45) is 1.86. The van der Waals surface area contributed by atoms with Gasteiger partial charge in [0.25, 0.3) is 0 Å². The van der Waals surface area contributed by atoms with Crippen molar-refractivity contribution in [3.63, 3.8) is 0 Å². The van der Waals surface area contributed by atoms with Crippen LogP contribution in [0.25, 0.3) is 0 Å². The van der Waals surface area contributed by atoms with Crippen molar-refractivity contribution in [1.82, 2.24) is 9.78 Å². The molecule has 15 heavy (non-hydrogen) atoms. The van der Waals surface area contributed by atoms with Gasteiger partial charge in [0.2, 0.25) is 0 Å². The highest BCUT2D eigenvalue weighted by atomic mass is 16.5. The van der Waals surface area contributed by atoms with E-state index < -0.39 is 18.7 Å². The van der Waals surface area contributed by atoms with E-state index in [0.29, 0.717) is 5.69 Å². The minimum absolute atomic E-state index is 0.0741. The summed E-state index contributed by atoms with van der Waals surface area (Å²) in [5.41, 5.74) is 5.85. The number of hydrogen-bond donors (Lipinski definition) is 3. The molecule has 1 heterocycles. The molecular formula is C8H13N3O4. The number of hydrogen-bond acceptors (Lipinski definition) is 6. The third kappa shape index (κ3) is 3.96. The van der Waals surface area contributed by atoms with Gasteiger partial charge in [0.15, 0.2) is 0 Å². The maximum absolute atomic E-state index is 11.1. The summed E-state index contributed by atoms with van der Waals surface area (Å²) in [6, 6.07) is 0. The van der Waals surface area contributed by atoms with E-state index in [1.165, 1.54) is 17.1 Å². The van der Waals surface area contributed by atoms with Crippen molar-refractivity contribution >= 4 is 11.7 Å². The number of carbonyl (C=O) groups excluding carboxylic acids is 1. The van der Waals surface area contributed by atoms with Crippen LogP contribution < -0.4 is 5.73 Å². The highest BCUT2D eigenvalue weighted by Gasteiger charge is 2.08. The van der Waals surface area contributed by atoms with Crippen LogP contribution in [0.3, 0.4) is 0 Å². The first-order valence-corrected chi connectivity index (χ1v) is 4.34. The third-order valence-electron chi connectivity index (χ3n) is 1.59. The van der Waals surface area contributed by atoms with Crippen LogP contribution in [-0.2, 0) is 16.1 Å². The Balaban J connectivity index is 2.30. The number of nitrogen functional groups attached to an aromatic ring is 1. The molecule has 7 nitrogen and oxygen atoms in total. The van der Waals surface area contributed by atoms with Gasteiger partial charge in [-0.15, -0.1) is 0 Å². The van der Waals surface area contributed by atoms with Crippen LogP contribution in [0.4, 0.5) is 5.69 Å². The first-order valence-electron chi connectivity index (χ1n) is 4.34. The smallest absolute Gasteiger partial charge is 0.327 e. The number of aliphatic hydroxyl groups excluding tert-OH is 2. The lowest BCUT2D eigenvalue weighted by Gasteiger charge is -2.08. The fraction of sp³-hybridized carbons (Fsp3) is 0.500. The molecule has 0 saturated carbocycles. The van der Waals surface area contributed by atoms with E-state index in [-0.39, 0.29) is 13.2 Å². The Hall–Kier alpha value is -1.60. The van der Waals surface area contributed by atoms with Gasteiger partial charge in [0.05, 0.1) is 18.5 Å². The Kier molecular flexibility index (Phi) is 4.07. The zero-order valence-corrected chi connectivity index (χ0v) is 8.04. The monoisotopic (exact) mass is 215 g/mol. The SMILES string of the molecule is Nc1cnn(CC(=O)OCC(O)CO)c1. The molecule has 0 aromatic carbocycles. The molecule has 1 rings (SSSR count). The number of carbonyl (C=O) groups is 1. The number of esters is 1. The van der Waals surface area contributed by atoms with Crippen LogP contribution in [0.2, 0.25) is 0 Å². The second-order valence-corrected chi connectivity index (χ2v) is 2.99.